The number of oxazole rings is 1. The van der Waals surface area contributed by atoms with E-state index in [-0.39, 0.29) is 12.4 Å². The van der Waals surface area contributed by atoms with Gasteiger partial charge < -0.3 is 19.5 Å². The summed E-state index contributed by atoms with van der Waals surface area (Å²) in [6.45, 7) is 4.54. The second kappa shape index (κ2) is 8.63. The molecule has 0 amide bonds. The first kappa shape index (κ1) is 20.6. The highest BCUT2D eigenvalue weighted by Gasteiger charge is 2.41. The largest absolute Gasteiger partial charge is 0.437 e. The van der Waals surface area contributed by atoms with Gasteiger partial charge in [0, 0.05) is 51.9 Å². The number of piperidine rings is 1. The predicted molar refractivity (Wildman–Crippen MR) is 105 cm³/mol. The van der Waals surface area contributed by atoms with Crippen molar-refractivity contribution >= 4 is 17.6 Å². The lowest BCUT2D eigenvalue weighted by Gasteiger charge is -2.28. The van der Waals surface area contributed by atoms with E-state index in [1.54, 1.807) is 17.0 Å². The van der Waals surface area contributed by atoms with Gasteiger partial charge in [0.15, 0.2) is 5.69 Å². The molecule has 4 rings (SSSR count). The van der Waals surface area contributed by atoms with Gasteiger partial charge >= 0.3 is 6.18 Å². The highest BCUT2D eigenvalue weighted by Crippen LogP contribution is 2.35. The Labute approximate surface area is 172 Å². The zero-order chi connectivity index (χ0) is 21.1. The number of hydrogen-bond donors (Lipinski definition) is 1. The molecule has 0 saturated carbocycles. The lowest BCUT2D eigenvalue weighted by molar-refractivity contribution is -0.141. The van der Waals surface area contributed by atoms with Crippen LogP contribution < -0.4 is 15.1 Å². The molecule has 10 heteroatoms. The standard InChI is InChI=1S/C20H24F3N5O2/c21-20(22,23)18-17(30-19(26-18)28-8-2-1-3-9-28)15(29)12-14-4-5-16(25-13-14)27-10-6-24-7-11-27/h4-5,13,24H,1-3,6-12H2. The highest BCUT2D eigenvalue weighted by atomic mass is 19.4. The number of carbonyl (C=O) groups is 1. The molecule has 2 aromatic rings. The Hall–Kier alpha value is -2.62. The molecular weight excluding hydrogens is 399 g/mol. The van der Waals surface area contributed by atoms with E-state index in [4.69, 9.17) is 4.42 Å². The quantitative estimate of drug-likeness (QED) is 0.742. The van der Waals surface area contributed by atoms with Crippen LogP contribution in [0.15, 0.2) is 22.7 Å². The topological polar surface area (TPSA) is 74.5 Å². The van der Waals surface area contributed by atoms with Crippen LogP contribution in [0.4, 0.5) is 25.0 Å². The molecule has 0 aliphatic carbocycles. The van der Waals surface area contributed by atoms with E-state index in [1.165, 1.54) is 6.20 Å². The number of nitrogens with zero attached hydrogens (tertiary/aromatic N) is 4. The summed E-state index contributed by atoms with van der Waals surface area (Å²) in [5.41, 5.74) is -0.721. The van der Waals surface area contributed by atoms with E-state index in [2.05, 4.69) is 20.2 Å². The minimum Gasteiger partial charge on any atom is -0.420 e. The van der Waals surface area contributed by atoms with Crippen molar-refractivity contribution < 1.29 is 22.4 Å². The first-order valence-electron chi connectivity index (χ1n) is 10.2. The molecule has 0 atom stereocenters. The molecule has 0 aromatic carbocycles. The average Bonchev–Trinajstić information content (AvgIpc) is 3.22. The normalized spacial score (nSPS) is 18.0. The summed E-state index contributed by atoms with van der Waals surface area (Å²) in [5.74, 6) is -0.695. The fourth-order valence-corrected chi connectivity index (χ4v) is 3.78. The molecule has 4 heterocycles. The Morgan fingerprint density at radius 3 is 2.43 bits per heavy atom. The Morgan fingerprint density at radius 2 is 1.80 bits per heavy atom. The van der Waals surface area contributed by atoms with Gasteiger partial charge in [-0.1, -0.05) is 6.07 Å². The van der Waals surface area contributed by atoms with Crippen LogP contribution in [0.2, 0.25) is 0 Å². The SMILES string of the molecule is O=C(Cc1ccc(N2CCNCC2)nc1)c1oc(N2CCCCC2)nc1C(F)(F)F. The molecule has 0 bridgehead atoms. The van der Waals surface area contributed by atoms with Crippen molar-refractivity contribution in [2.24, 2.45) is 0 Å². The van der Waals surface area contributed by atoms with E-state index in [1.807, 2.05) is 0 Å². The Kier molecular flexibility index (Phi) is 5.94. The smallest absolute Gasteiger partial charge is 0.420 e. The summed E-state index contributed by atoms with van der Waals surface area (Å²) >= 11 is 0. The molecule has 162 valence electrons. The third-order valence-corrected chi connectivity index (χ3v) is 5.38. The van der Waals surface area contributed by atoms with E-state index < -0.39 is 23.4 Å². The molecule has 0 spiro atoms. The number of rotatable bonds is 5. The molecule has 2 aliphatic rings. The first-order valence-corrected chi connectivity index (χ1v) is 10.2. The third kappa shape index (κ3) is 4.58. The Balaban J connectivity index is 1.51. The van der Waals surface area contributed by atoms with Crippen LogP contribution in [0, 0.1) is 0 Å². The zero-order valence-electron chi connectivity index (χ0n) is 16.5. The molecule has 2 fully saturated rings. The summed E-state index contributed by atoms with van der Waals surface area (Å²) in [6.07, 6.45) is -0.716. The number of piperazine rings is 1. The lowest BCUT2D eigenvalue weighted by atomic mass is 10.1. The van der Waals surface area contributed by atoms with E-state index in [0.717, 1.165) is 51.3 Å². The minimum absolute atomic E-state index is 0.127. The number of carbonyl (C=O) groups excluding carboxylic acids is 1. The Bertz CT molecular complexity index is 870. The number of hydrogen-bond acceptors (Lipinski definition) is 7. The number of halogens is 3. The number of alkyl halides is 3. The number of ketones is 1. The number of anilines is 2. The maximum Gasteiger partial charge on any atom is 0.437 e. The molecule has 30 heavy (non-hydrogen) atoms. The van der Waals surface area contributed by atoms with Gasteiger partial charge in [0.2, 0.25) is 11.5 Å². The fraction of sp³-hybridized carbons (Fsp3) is 0.550. The van der Waals surface area contributed by atoms with Gasteiger partial charge in [0.05, 0.1) is 0 Å². The second-order valence-corrected chi connectivity index (χ2v) is 7.58. The number of Topliss-reactive ketones (excluding diaryl/α,β-unsaturated/α-hetero) is 1. The average molecular weight is 423 g/mol. The number of pyridine rings is 1. The van der Waals surface area contributed by atoms with E-state index in [9.17, 15) is 18.0 Å². The van der Waals surface area contributed by atoms with Crippen molar-refractivity contribution in [2.45, 2.75) is 31.9 Å². The van der Waals surface area contributed by atoms with Crippen molar-refractivity contribution in [3.05, 3.63) is 35.3 Å². The van der Waals surface area contributed by atoms with Crippen molar-refractivity contribution in [3.8, 4) is 0 Å². The van der Waals surface area contributed by atoms with Crippen molar-refractivity contribution in [2.75, 3.05) is 49.1 Å². The highest BCUT2D eigenvalue weighted by molar-refractivity contribution is 5.96. The second-order valence-electron chi connectivity index (χ2n) is 7.58. The number of nitrogens with one attached hydrogen (secondary N) is 1. The van der Waals surface area contributed by atoms with E-state index in [0.29, 0.717) is 18.7 Å². The minimum atomic E-state index is -4.76. The predicted octanol–water partition coefficient (Wildman–Crippen LogP) is 2.91. The monoisotopic (exact) mass is 423 g/mol. The van der Waals surface area contributed by atoms with Gasteiger partial charge in [-0.25, -0.2) is 4.98 Å². The molecule has 0 radical (unpaired) electrons. The van der Waals surface area contributed by atoms with Gasteiger partial charge in [-0.2, -0.15) is 18.2 Å². The lowest BCUT2D eigenvalue weighted by Crippen LogP contribution is -2.43. The molecule has 1 N–H and O–H groups in total. The summed E-state index contributed by atoms with van der Waals surface area (Å²) in [5, 5.41) is 3.26. The first-order chi connectivity index (χ1) is 14.4. The van der Waals surface area contributed by atoms with Gasteiger partial charge in [-0.15, -0.1) is 0 Å². The van der Waals surface area contributed by atoms with Crippen LogP contribution in [0.25, 0.3) is 0 Å². The van der Waals surface area contributed by atoms with Gasteiger partial charge in [0.1, 0.15) is 5.82 Å². The molecule has 2 aliphatic heterocycles. The summed E-state index contributed by atoms with van der Waals surface area (Å²) in [4.78, 5) is 24.4. The maximum atomic E-state index is 13.5. The summed E-state index contributed by atoms with van der Waals surface area (Å²) in [7, 11) is 0. The molecule has 7 nitrogen and oxygen atoms in total. The molecule has 2 saturated heterocycles. The van der Waals surface area contributed by atoms with Crippen LogP contribution in [-0.4, -0.2) is 55.0 Å². The Morgan fingerprint density at radius 1 is 1.07 bits per heavy atom. The fourth-order valence-electron chi connectivity index (χ4n) is 3.78. The van der Waals surface area contributed by atoms with Crippen molar-refractivity contribution in [3.63, 3.8) is 0 Å². The van der Waals surface area contributed by atoms with Crippen LogP contribution in [0.5, 0.6) is 0 Å². The van der Waals surface area contributed by atoms with Crippen LogP contribution in [-0.2, 0) is 12.6 Å². The molecule has 0 unspecified atom stereocenters. The van der Waals surface area contributed by atoms with Crippen LogP contribution >= 0.6 is 0 Å². The summed E-state index contributed by atoms with van der Waals surface area (Å²) in [6, 6.07) is 3.38. The molecule has 2 aromatic heterocycles. The maximum absolute atomic E-state index is 13.5. The van der Waals surface area contributed by atoms with Gasteiger partial charge in [0.25, 0.3) is 6.01 Å². The van der Waals surface area contributed by atoms with Gasteiger partial charge in [-0.3, -0.25) is 4.79 Å². The van der Waals surface area contributed by atoms with Crippen LogP contribution in [0.1, 0.15) is 41.1 Å². The number of aromatic nitrogens is 2. The van der Waals surface area contributed by atoms with Gasteiger partial charge in [-0.05, 0) is 30.9 Å². The zero-order valence-corrected chi connectivity index (χ0v) is 16.5. The third-order valence-electron chi connectivity index (χ3n) is 5.38. The van der Waals surface area contributed by atoms with E-state index >= 15 is 0 Å². The summed E-state index contributed by atoms with van der Waals surface area (Å²) < 4.78 is 45.8. The van der Waals surface area contributed by atoms with Crippen molar-refractivity contribution in [1.29, 1.82) is 0 Å². The van der Waals surface area contributed by atoms with Crippen LogP contribution in [0.3, 0.4) is 0 Å². The molecular formula is C20H24F3N5O2. The van der Waals surface area contributed by atoms with Crippen molar-refractivity contribution in [1.82, 2.24) is 15.3 Å².